The van der Waals surface area contributed by atoms with Crippen molar-refractivity contribution in [3.8, 4) is 0 Å². The largest absolute Gasteiger partial charge is 0.338 e. The van der Waals surface area contributed by atoms with E-state index in [1.54, 1.807) is 6.07 Å². The minimum Gasteiger partial charge on any atom is -0.338 e. The fourth-order valence-electron chi connectivity index (χ4n) is 1.59. The Morgan fingerprint density at radius 3 is 2.83 bits per heavy atom. The molecule has 2 rings (SSSR count). The molecule has 0 aliphatic rings. The molecule has 2 aromatic rings. The second-order valence-corrected chi connectivity index (χ2v) is 4.63. The lowest BCUT2D eigenvalue weighted by Gasteiger charge is -2.09. The smallest absolute Gasteiger partial charge is 0.243 e. The summed E-state index contributed by atoms with van der Waals surface area (Å²) in [7, 11) is 0. The molecule has 0 bridgehead atoms. The molecule has 0 amide bonds. The van der Waals surface area contributed by atoms with Gasteiger partial charge in [-0.3, -0.25) is 0 Å². The van der Waals surface area contributed by atoms with Gasteiger partial charge in [-0.25, -0.2) is 4.39 Å². The van der Waals surface area contributed by atoms with Gasteiger partial charge in [-0.05, 0) is 23.6 Å². The van der Waals surface area contributed by atoms with Gasteiger partial charge in [0.15, 0.2) is 5.82 Å². The van der Waals surface area contributed by atoms with Crippen LogP contribution in [-0.4, -0.2) is 10.1 Å². The molecule has 96 valence electrons. The molecule has 1 aromatic heterocycles. The topological polar surface area (TPSA) is 64.9 Å². The molecule has 0 radical (unpaired) electrons. The van der Waals surface area contributed by atoms with Crippen molar-refractivity contribution in [2.45, 2.75) is 26.3 Å². The Balaban J connectivity index is 2.11. The average molecular weight is 249 g/mol. The second kappa shape index (κ2) is 5.27. The maximum absolute atomic E-state index is 13.0. The zero-order valence-electron chi connectivity index (χ0n) is 10.4. The molecule has 0 saturated carbocycles. The Bertz CT molecular complexity index is 524. The van der Waals surface area contributed by atoms with Gasteiger partial charge < -0.3 is 10.3 Å². The molecule has 5 heteroatoms. The highest BCUT2D eigenvalue weighted by molar-refractivity contribution is 5.19. The maximum atomic E-state index is 13.0. The number of rotatable bonds is 4. The van der Waals surface area contributed by atoms with Gasteiger partial charge in [0, 0.05) is 6.42 Å². The van der Waals surface area contributed by atoms with Crippen molar-refractivity contribution in [2.24, 2.45) is 11.7 Å². The van der Waals surface area contributed by atoms with Gasteiger partial charge in [0.25, 0.3) is 0 Å². The van der Waals surface area contributed by atoms with Crippen molar-refractivity contribution in [3.05, 3.63) is 47.4 Å². The normalized spacial score (nSPS) is 12.9. The van der Waals surface area contributed by atoms with Crippen molar-refractivity contribution >= 4 is 0 Å². The van der Waals surface area contributed by atoms with E-state index in [9.17, 15) is 4.39 Å². The number of hydrogen-bond donors (Lipinski definition) is 1. The molecule has 0 aliphatic heterocycles. The summed E-state index contributed by atoms with van der Waals surface area (Å²) in [4.78, 5) is 4.23. The molecule has 1 heterocycles. The van der Waals surface area contributed by atoms with Gasteiger partial charge in [-0.15, -0.1) is 0 Å². The van der Waals surface area contributed by atoms with Crippen LogP contribution in [0.3, 0.4) is 0 Å². The molecule has 1 unspecified atom stereocenters. The lowest BCUT2D eigenvalue weighted by atomic mass is 10.1. The number of nitrogens with two attached hydrogens (primary N) is 1. The lowest BCUT2D eigenvalue weighted by Crippen LogP contribution is -2.17. The van der Waals surface area contributed by atoms with Crippen LogP contribution in [0, 0.1) is 11.7 Å². The Kier molecular flexibility index (Phi) is 3.72. The molecule has 18 heavy (non-hydrogen) atoms. The monoisotopic (exact) mass is 249 g/mol. The lowest BCUT2D eigenvalue weighted by molar-refractivity contribution is 0.322. The van der Waals surface area contributed by atoms with Crippen LogP contribution in [-0.2, 0) is 6.42 Å². The molecule has 0 aliphatic carbocycles. The van der Waals surface area contributed by atoms with Crippen molar-refractivity contribution < 1.29 is 8.91 Å². The molecular weight excluding hydrogens is 233 g/mol. The van der Waals surface area contributed by atoms with Gasteiger partial charge in [-0.2, -0.15) is 4.98 Å². The maximum Gasteiger partial charge on any atom is 0.243 e. The van der Waals surface area contributed by atoms with Crippen LogP contribution in [0.15, 0.2) is 28.8 Å². The Hall–Kier alpha value is -1.75. The third-order valence-corrected chi connectivity index (χ3v) is 2.74. The summed E-state index contributed by atoms with van der Waals surface area (Å²) < 4.78 is 18.1. The first-order chi connectivity index (χ1) is 8.56. The van der Waals surface area contributed by atoms with E-state index < -0.39 is 0 Å². The standard InChI is InChI=1S/C13H16FN3O/c1-8(2)12(15)13-16-11(17-18-13)7-9-4-3-5-10(14)6-9/h3-6,8,12H,7,15H2,1-2H3. The van der Waals surface area contributed by atoms with Gasteiger partial charge in [0.05, 0.1) is 6.04 Å². The van der Waals surface area contributed by atoms with Crippen LogP contribution in [0.4, 0.5) is 4.39 Å². The van der Waals surface area contributed by atoms with Crippen LogP contribution in [0.2, 0.25) is 0 Å². The number of nitrogens with zero attached hydrogens (tertiary/aromatic N) is 2. The molecule has 1 atom stereocenters. The Labute approximate surface area is 105 Å². The van der Waals surface area contributed by atoms with Gasteiger partial charge in [-0.1, -0.05) is 31.1 Å². The predicted octanol–water partition coefficient (Wildman–Crippen LogP) is 2.46. The van der Waals surface area contributed by atoms with E-state index in [4.69, 9.17) is 10.3 Å². The van der Waals surface area contributed by atoms with Gasteiger partial charge >= 0.3 is 0 Å². The van der Waals surface area contributed by atoms with Crippen molar-refractivity contribution in [1.82, 2.24) is 10.1 Å². The summed E-state index contributed by atoms with van der Waals surface area (Å²) in [5.74, 6) is 0.908. The molecule has 0 spiro atoms. The highest BCUT2D eigenvalue weighted by Crippen LogP contribution is 2.17. The third kappa shape index (κ3) is 2.92. The summed E-state index contributed by atoms with van der Waals surface area (Å²) in [5, 5.41) is 3.86. The van der Waals surface area contributed by atoms with Crippen molar-refractivity contribution in [2.75, 3.05) is 0 Å². The summed E-state index contributed by atoms with van der Waals surface area (Å²) in [6.45, 7) is 3.97. The zero-order chi connectivity index (χ0) is 13.1. The minimum atomic E-state index is -0.268. The van der Waals surface area contributed by atoms with Crippen molar-refractivity contribution in [1.29, 1.82) is 0 Å². The quantitative estimate of drug-likeness (QED) is 0.904. The van der Waals surface area contributed by atoms with Crippen LogP contribution in [0.25, 0.3) is 0 Å². The summed E-state index contributed by atoms with van der Waals surface area (Å²) in [5.41, 5.74) is 6.72. The number of hydrogen-bond acceptors (Lipinski definition) is 4. The SMILES string of the molecule is CC(C)C(N)c1nc(Cc2cccc(F)c2)no1. The Morgan fingerprint density at radius 1 is 1.39 bits per heavy atom. The summed E-state index contributed by atoms with van der Waals surface area (Å²) in [6.07, 6.45) is 0.437. The molecular formula is C13H16FN3O. The van der Waals surface area contributed by atoms with E-state index in [1.165, 1.54) is 12.1 Å². The van der Waals surface area contributed by atoms with Crippen LogP contribution in [0.1, 0.15) is 37.2 Å². The van der Waals surface area contributed by atoms with Crippen LogP contribution in [0.5, 0.6) is 0 Å². The van der Waals surface area contributed by atoms with Crippen molar-refractivity contribution in [3.63, 3.8) is 0 Å². The zero-order valence-corrected chi connectivity index (χ0v) is 10.4. The van der Waals surface area contributed by atoms with E-state index >= 15 is 0 Å². The minimum absolute atomic E-state index is 0.229. The van der Waals surface area contributed by atoms with E-state index in [0.717, 1.165) is 5.56 Å². The fraction of sp³-hybridized carbons (Fsp3) is 0.385. The van der Waals surface area contributed by atoms with E-state index in [1.807, 2.05) is 19.9 Å². The van der Waals surface area contributed by atoms with E-state index in [0.29, 0.717) is 18.1 Å². The highest BCUT2D eigenvalue weighted by atomic mass is 19.1. The first kappa shape index (κ1) is 12.7. The van der Waals surface area contributed by atoms with Crippen LogP contribution < -0.4 is 5.73 Å². The third-order valence-electron chi connectivity index (χ3n) is 2.74. The predicted molar refractivity (Wildman–Crippen MR) is 65.3 cm³/mol. The molecule has 1 aromatic carbocycles. The Morgan fingerprint density at radius 2 is 2.17 bits per heavy atom. The number of aromatic nitrogens is 2. The first-order valence-corrected chi connectivity index (χ1v) is 5.89. The van der Waals surface area contributed by atoms with Gasteiger partial charge in [0.2, 0.25) is 5.89 Å². The highest BCUT2D eigenvalue weighted by Gasteiger charge is 2.18. The second-order valence-electron chi connectivity index (χ2n) is 4.63. The van der Waals surface area contributed by atoms with Crippen LogP contribution >= 0.6 is 0 Å². The molecule has 0 fully saturated rings. The fourth-order valence-corrected chi connectivity index (χ4v) is 1.59. The van der Waals surface area contributed by atoms with E-state index in [-0.39, 0.29) is 17.8 Å². The molecule has 0 saturated heterocycles. The van der Waals surface area contributed by atoms with Gasteiger partial charge in [0.1, 0.15) is 5.82 Å². The molecule has 2 N–H and O–H groups in total. The number of benzene rings is 1. The average Bonchev–Trinajstić information content (AvgIpc) is 2.76. The molecule has 4 nitrogen and oxygen atoms in total. The summed E-state index contributed by atoms with van der Waals surface area (Å²) >= 11 is 0. The first-order valence-electron chi connectivity index (χ1n) is 5.89. The van der Waals surface area contributed by atoms with E-state index in [2.05, 4.69) is 10.1 Å². The summed E-state index contributed by atoms with van der Waals surface area (Å²) in [6, 6.07) is 6.07. The number of halogens is 1.